The Hall–Kier alpha value is -0.840. The monoisotopic (exact) mass is 301 g/mol. The summed E-state index contributed by atoms with van der Waals surface area (Å²) in [4.78, 5) is 12.2. The van der Waals surface area contributed by atoms with Gasteiger partial charge in [-0.25, -0.2) is 0 Å². The fourth-order valence-electron chi connectivity index (χ4n) is 1.52. The number of rotatable bonds is 5. The molecule has 1 aromatic heterocycles. The third-order valence-corrected chi connectivity index (χ3v) is 4.16. The zero-order valence-corrected chi connectivity index (χ0v) is 12.5. The number of nitrogens with zero attached hydrogens (tertiary/aromatic N) is 2. The second-order valence-electron chi connectivity index (χ2n) is 4.49. The molecule has 0 aliphatic heterocycles. The van der Waals surface area contributed by atoms with Gasteiger partial charge < -0.3 is 5.32 Å². The number of nitrogens with one attached hydrogen (secondary N) is 1. The van der Waals surface area contributed by atoms with Crippen molar-refractivity contribution in [1.29, 1.82) is 0 Å². The summed E-state index contributed by atoms with van der Waals surface area (Å²) in [7, 11) is 0. The maximum absolute atomic E-state index is 12.2. The normalized spacial score (nSPS) is 14.4. The standard InChI is InChI=1S/C12H20BrN3O/c1-5-12(4,8-13)14-11(17)10-7-9(3)15-16(10)6-2/h7H,5-6,8H2,1-4H3,(H,14,17). The molecular formula is C12H20BrN3O. The zero-order valence-electron chi connectivity index (χ0n) is 10.9. The van der Waals surface area contributed by atoms with Crippen molar-refractivity contribution < 1.29 is 4.79 Å². The van der Waals surface area contributed by atoms with Crippen LogP contribution in [-0.2, 0) is 6.54 Å². The molecule has 0 radical (unpaired) electrons. The number of hydrogen-bond acceptors (Lipinski definition) is 2. The molecule has 0 spiro atoms. The quantitative estimate of drug-likeness (QED) is 0.850. The van der Waals surface area contributed by atoms with E-state index in [-0.39, 0.29) is 11.4 Å². The van der Waals surface area contributed by atoms with Gasteiger partial charge in [0.1, 0.15) is 5.69 Å². The van der Waals surface area contributed by atoms with Gasteiger partial charge in [-0.1, -0.05) is 22.9 Å². The van der Waals surface area contributed by atoms with Gasteiger partial charge in [0.15, 0.2) is 0 Å². The highest BCUT2D eigenvalue weighted by Crippen LogP contribution is 2.14. The molecule has 0 bridgehead atoms. The van der Waals surface area contributed by atoms with E-state index in [9.17, 15) is 4.79 Å². The van der Waals surface area contributed by atoms with Crippen LogP contribution in [0.2, 0.25) is 0 Å². The van der Waals surface area contributed by atoms with E-state index in [2.05, 4.69) is 33.3 Å². The van der Waals surface area contributed by atoms with Gasteiger partial charge in [-0.05, 0) is 33.3 Å². The summed E-state index contributed by atoms with van der Waals surface area (Å²) in [5.74, 6) is -0.0590. The van der Waals surface area contributed by atoms with Gasteiger partial charge in [0.2, 0.25) is 0 Å². The summed E-state index contributed by atoms with van der Waals surface area (Å²) in [6.45, 7) is 8.66. The molecular weight excluding hydrogens is 282 g/mol. The minimum atomic E-state index is -0.214. The average molecular weight is 302 g/mol. The lowest BCUT2D eigenvalue weighted by atomic mass is 10.0. The van der Waals surface area contributed by atoms with Gasteiger partial charge in [-0.3, -0.25) is 9.48 Å². The first kappa shape index (κ1) is 14.2. The third kappa shape index (κ3) is 3.31. The molecule has 1 atom stereocenters. The number of carbonyl (C=O) groups excluding carboxylic acids is 1. The summed E-state index contributed by atoms with van der Waals surface area (Å²) in [5.41, 5.74) is 1.29. The molecule has 96 valence electrons. The fraction of sp³-hybridized carbons (Fsp3) is 0.667. The minimum Gasteiger partial charge on any atom is -0.345 e. The van der Waals surface area contributed by atoms with Crippen molar-refractivity contribution in [3.63, 3.8) is 0 Å². The molecule has 1 unspecified atom stereocenters. The molecule has 5 heteroatoms. The van der Waals surface area contributed by atoms with Crippen LogP contribution in [0.25, 0.3) is 0 Å². The van der Waals surface area contributed by atoms with Crippen LogP contribution in [0.5, 0.6) is 0 Å². The largest absolute Gasteiger partial charge is 0.345 e. The van der Waals surface area contributed by atoms with E-state index in [0.717, 1.165) is 17.4 Å². The predicted molar refractivity (Wildman–Crippen MR) is 72.6 cm³/mol. The van der Waals surface area contributed by atoms with E-state index >= 15 is 0 Å². The summed E-state index contributed by atoms with van der Waals surface area (Å²) >= 11 is 3.44. The van der Waals surface area contributed by atoms with Crippen LogP contribution in [0.1, 0.15) is 43.4 Å². The Kier molecular flexibility index (Phi) is 4.74. The second-order valence-corrected chi connectivity index (χ2v) is 5.05. The number of amides is 1. The third-order valence-electron chi connectivity index (χ3n) is 2.92. The Morgan fingerprint density at radius 2 is 2.24 bits per heavy atom. The van der Waals surface area contributed by atoms with Crippen LogP contribution in [-0.4, -0.2) is 26.6 Å². The van der Waals surface area contributed by atoms with Gasteiger partial charge in [-0.2, -0.15) is 5.10 Å². The van der Waals surface area contributed by atoms with Crippen molar-refractivity contribution in [3.8, 4) is 0 Å². The first-order valence-electron chi connectivity index (χ1n) is 5.88. The van der Waals surface area contributed by atoms with Crippen LogP contribution in [0.15, 0.2) is 6.07 Å². The molecule has 4 nitrogen and oxygen atoms in total. The van der Waals surface area contributed by atoms with Crippen molar-refractivity contribution in [1.82, 2.24) is 15.1 Å². The Balaban J connectivity index is 2.89. The van der Waals surface area contributed by atoms with Crippen LogP contribution < -0.4 is 5.32 Å². The highest BCUT2D eigenvalue weighted by atomic mass is 79.9. The first-order chi connectivity index (χ1) is 7.95. The fourth-order valence-corrected chi connectivity index (χ4v) is 2.06. The van der Waals surface area contributed by atoms with Crippen molar-refractivity contribution >= 4 is 21.8 Å². The van der Waals surface area contributed by atoms with Crippen LogP contribution in [0.3, 0.4) is 0 Å². The molecule has 1 amide bonds. The summed E-state index contributed by atoms with van der Waals surface area (Å²) in [6, 6.07) is 1.82. The number of aryl methyl sites for hydroxylation is 2. The highest BCUT2D eigenvalue weighted by Gasteiger charge is 2.25. The van der Waals surface area contributed by atoms with Crippen LogP contribution in [0, 0.1) is 6.92 Å². The molecule has 0 saturated carbocycles. The number of aromatic nitrogens is 2. The van der Waals surface area contributed by atoms with Crippen molar-refractivity contribution in [3.05, 3.63) is 17.5 Å². The maximum atomic E-state index is 12.2. The number of hydrogen-bond donors (Lipinski definition) is 1. The molecule has 1 aromatic rings. The molecule has 1 rings (SSSR count). The maximum Gasteiger partial charge on any atom is 0.270 e. The molecule has 0 saturated heterocycles. The Morgan fingerprint density at radius 1 is 1.59 bits per heavy atom. The second kappa shape index (κ2) is 5.67. The molecule has 17 heavy (non-hydrogen) atoms. The lowest BCUT2D eigenvalue weighted by molar-refractivity contribution is 0.0902. The van der Waals surface area contributed by atoms with E-state index in [1.807, 2.05) is 26.8 Å². The molecule has 0 fully saturated rings. The summed E-state index contributed by atoms with van der Waals surface area (Å²) in [5, 5.41) is 8.06. The minimum absolute atomic E-state index is 0.0590. The molecule has 1 heterocycles. The van der Waals surface area contributed by atoms with Gasteiger partial charge in [0.25, 0.3) is 5.91 Å². The zero-order chi connectivity index (χ0) is 13.1. The average Bonchev–Trinajstić information content (AvgIpc) is 2.70. The number of halogens is 1. The van der Waals surface area contributed by atoms with Crippen molar-refractivity contribution in [2.75, 3.05) is 5.33 Å². The Labute approximate surface area is 111 Å². The molecule has 0 aliphatic rings. The van der Waals surface area contributed by atoms with Gasteiger partial charge in [0.05, 0.1) is 5.69 Å². The van der Waals surface area contributed by atoms with Gasteiger partial charge in [-0.15, -0.1) is 0 Å². The highest BCUT2D eigenvalue weighted by molar-refractivity contribution is 9.09. The molecule has 0 aliphatic carbocycles. The number of alkyl halides is 1. The Morgan fingerprint density at radius 3 is 2.71 bits per heavy atom. The van der Waals surface area contributed by atoms with Crippen molar-refractivity contribution in [2.24, 2.45) is 0 Å². The first-order valence-corrected chi connectivity index (χ1v) is 7.00. The lowest BCUT2D eigenvalue weighted by Gasteiger charge is -2.27. The Bertz CT molecular complexity index is 396. The summed E-state index contributed by atoms with van der Waals surface area (Å²) < 4.78 is 1.73. The summed E-state index contributed by atoms with van der Waals surface area (Å²) in [6.07, 6.45) is 0.878. The smallest absolute Gasteiger partial charge is 0.270 e. The van der Waals surface area contributed by atoms with Crippen LogP contribution >= 0.6 is 15.9 Å². The topological polar surface area (TPSA) is 46.9 Å². The number of carbonyl (C=O) groups is 1. The van der Waals surface area contributed by atoms with E-state index < -0.39 is 0 Å². The van der Waals surface area contributed by atoms with E-state index in [1.54, 1.807) is 4.68 Å². The van der Waals surface area contributed by atoms with E-state index in [0.29, 0.717) is 12.2 Å². The van der Waals surface area contributed by atoms with Gasteiger partial charge in [0, 0.05) is 17.4 Å². The lowest BCUT2D eigenvalue weighted by Crippen LogP contribution is -2.47. The van der Waals surface area contributed by atoms with Crippen molar-refractivity contribution in [2.45, 2.75) is 46.2 Å². The molecule has 1 N–H and O–H groups in total. The molecule has 0 aromatic carbocycles. The van der Waals surface area contributed by atoms with Crippen LogP contribution in [0.4, 0.5) is 0 Å². The van der Waals surface area contributed by atoms with E-state index in [4.69, 9.17) is 0 Å². The van der Waals surface area contributed by atoms with Gasteiger partial charge >= 0.3 is 0 Å². The predicted octanol–water partition coefficient (Wildman–Crippen LogP) is 2.50. The SMILES string of the molecule is CCn1nc(C)cc1C(=O)NC(C)(CC)CBr. The van der Waals surface area contributed by atoms with E-state index in [1.165, 1.54) is 0 Å².